The van der Waals surface area contributed by atoms with Crippen molar-refractivity contribution >= 4 is 0 Å². The minimum atomic E-state index is 0.305. The summed E-state index contributed by atoms with van der Waals surface area (Å²) in [7, 11) is 0. The van der Waals surface area contributed by atoms with Gasteiger partial charge in [0.25, 0.3) is 0 Å². The van der Waals surface area contributed by atoms with Gasteiger partial charge in [-0.15, -0.1) is 0 Å². The predicted octanol–water partition coefficient (Wildman–Crippen LogP) is 0.106. The summed E-state index contributed by atoms with van der Waals surface area (Å²) in [6.07, 6.45) is 3.48. The molecule has 2 fully saturated rings. The Balaban J connectivity index is 2.08. The molecule has 0 aromatic heterocycles. The average molecular weight is 127 g/mol. The fraction of sp³-hybridized carbons (Fsp3) is 1.00. The highest BCUT2D eigenvalue weighted by atomic mass is 16.3. The summed E-state index contributed by atoms with van der Waals surface area (Å²) in [4.78, 5) is 0. The van der Waals surface area contributed by atoms with Gasteiger partial charge in [-0.1, -0.05) is 0 Å². The van der Waals surface area contributed by atoms with Crippen LogP contribution in [-0.2, 0) is 0 Å². The van der Waals surface area contributed by atoms with Crippen LogP contribution in [0.3, 0.4) is 0 Å². The molecule has 3 atom stereocenters. The minimum absolute atomic E-state index is 0.305. The van der Waals surface area contributed by atoms with Gasteiger partial charge in [-0.2, -0.15) is 0 Å². The van der Waals surface area contributed by atoms with Crippen molar-refractivity contribution in [1.29, 1.82) is 0 Å². The molecule has 0 bridgehead atoms. The molecule has 2 nitrogen and oxygen atoms in total. The lowest BCUT2D eigenvalue weighted by molar-refractivity contribution is 0.205. The van der Waals surface area contributed by atoms with Gasteiger partial charge in [0.15, 0.2) is 0 Å². The van der Waals surface area contributed by atoms with Crippen molar-refractivity contribution < 1.29 is 5.11 Å². The Morgan fingerprint density at radius 2 is 2.44 bits per heavy atom. The van der Waals surface area contributed by atoms with Crippen LogP contribution in [0.1, 0.15) is 19.3 Å². The quantitative estimate of drug-likeness (QED) is 0.525. The van der Waals surface area contributed by atoms with E-state index in [0.29, 0.717) is 24.0 Å². The van der Waals surface area contributed by atoms with E-state index in [0.717, 1.165) is 12.8 Å². The van der Waals surface area contributed by atoms with E-state index < -0.39 is 0 Å². The minimum Gasteiger partial charge on any atom is -0.396 e. The van der Waals surface area contributed by atoms with Gasteiger partial charge in [0, 0.05) is 12.6 Å². The third-order valence-electron chi connectivity index (χ3n) is 3.06. The molecule has 0 aromatic rings. The molecule has 0 aliphatic heterocycles. The summed E-state index contributed by atoms with van der Waals surface area (Å²) in [6.45, 7) is 0.366. The number of nitrogens with two attached hydrogens (primary N) is 1. The molecular formula is C7H13NO. The molecule has 2 aliphatic carbocycles. The Bertz CT molecular complexity index is 137. The van der Waals surface area contributed by atoms with Crippen LogP contribution in [0.5, 0.6) is 0 Å². The maximum Gasteiger partial charge on any atom is 0.0490 e. The molecule has 9 heavy (non-hydrogen) atoms. The van der Waals surface area contributed by atoms with E-state index in [2.05, 4.69) is 0 Å². The van der Waals surface area contributed by atoms with E-state index in [1.54, 1.807) is 0 Å². The Hall–Kier alpha value is -0.0800. The van der Waals surface area contributed by atoms with Crippen LogP contribution in [0.25, 0.3) is 0 Å². The largest absolute Gasteiger partial charge is 0.396 e. The predicted molar refractivity (Wildman–Crippen MR) is 34.8 cm³/mol. The number of fused-ring (bicyclic) bond motifs is 1. The number of hydrogen-bond donors (Lipinski definition) is 2. The van der Waals surface area contributed by atoms with E-state index in [1.165, 1.54) is 6.42 Å². The molecule has 3 unspecified atom stereocenters. The maximum absolute atomic E-state index is 8.93. The third kappa shape index (κ3) is 0.578. The molecule has 2 saturated carbocycles. The zero-order valence-corrected chi connectivity index (χ0v) is 5.51. The van der Waals surface area contributed by atoms with Gasteiger partial charge in [0.2, 0.25) is 0 Å². The van der Waals surface area contributed by atoms with Crippen LogP contribution in [0.15, 0.2) is 0 Å². The normalized spacial score (nSPS) is 55.3. The first-order valence-corrected chi connectivity index (χ1v) is 3.65. The Kier molecular flexibility index (Phi) is 0.945. The van der Waals surface area contributed by atoms with Crippen LogP contribution in [0.4, 0.5) is 0 Å². The van der Waals surface area contributed by atoms with Crippen LogP contribution in [0.2, 0.25) is 0 Å². The molecule has 0 heterocycles. The van der Waals surface area contributed by atoms with E-state index in [4.69, 9.17) is 10.8 Å². The monoisotopic (exact) mass is 127 g/mol. The highest BCUT2D eigenvalue weighted by molar-refractivity contribution is 5.11. The van der Waals surface area contributed by atoms with Crippen molar-refractivity contribution in [3.63, 3.8) is 0 Å². The summed E-state index contributed by atoms with van der Waals surface area (Å²) in [5.41, 5.74) is 6.07. The molecule has 3 N–H and O–H groups in total. The van der Waals surface area contributed by atoms with E-state index in [9.17, 15) is 0 Å². The number of aliphatic hydroxyl groups excluding tert-OH is 1. The number of rotatable bonds is 1. The fourth-order valence-corrected chi connectivity index (χ4v) is 2.19. The number of aliphatic hydroxyl groups is 1. The second kappa shape index (κ2) is 1.50. The van der Waals surface area contributed by atoms with Gasteiger partial charge in [-0.3, -0.25) is 0 Å². The summed E-state index contributed by atoms with van der Waals surface area (Å²) >= 11 is 0. The summed E-state index contributed by atoms with van der Waals surface area (Å²) in [5, 5.41) is 8.93. The molecule has 2 rings (SSSR count). The van der Waals surface area contributed by atoms with E-state index in [1.807, 2.05) is 0 Å². The molecule has 2 aliphatic rings. The smallest absolute Gasteiger partial charge is 0.0490 e. The third-order valence-corrected chi connectivity index (χ3v) is 3.06. The SMILES string of the molecule is NC1CCC2(CO)CC12. The first-order chi connectivity index (χ1) is 4.28. The van der Waals surface area contributed by atoms with Crippen LogP contribution in [0, 0.1) is 11.3 Å². The van der Waals surface area contributed by atoms with Crippen molar-refractivity contribution in [1.82, 2.24) is 0 Å². The molecule has 52 valence electrons. The Labute approximate surface area is 55.1 Å². The zero-order valence-electron chi connectivity index (χ0n) is 5.51. The summed E-state index contributed by atoms with van der Waals surface area (Å²) < 4.78 is 0. The van der Waals surface area contributed by atoms with Crippen LogP contribution >= 0.6 is 0 Å². The van der Waals surface area contributed by atoms with Crippen molar-refractivity contribution in [3.8, 4) is 0 Å². The summed E-state index contributed by atoms with van der Waals surface area (Å²) in [5.74, 6) is 0.669. The molecular weight excluding hydrogens is 114 g/mol. The molecule has 0 saturated heterocycles. The van der Waals surface area contributed by atoms with Crippen molar-refractivity contribution in [2.24, 2.45) is 17.1 Å². The maximum atomic E-state index is 8.93. The van der Waals surface area contributed by atoms with E-state index >= 15 is 0 Å². The fourth-order valence-electron chi connectivity index (χ4n) is 2.19. The van der Waals surface area contributed by atoms with Gasteiger partial charge >= 0.3 is 0 Å². The van der Waals surface area contributed by atoms with Crippen molar-refractivity contribution in [2.75, 3.05) is 6.61 Å². The van der Waals surface area contributed by atoms with Gasteiger partial charge in [0.1, 0.15) is 0 Å². The lowest BCUT2D eigenvalue weighted by atomic mass is 10.1. The molecule has 2 heteroatoms. The highest BCUT2D eigenvalue weighted by Crippen LogP contribution is 2.62. The standard InChI is InChI=1S/C7H13NO/c8-6-1-2-7(4-9)3-5(6)7/h5-6,9H,1-4,8H2. The summed E-state index contributed by atoms with van der Waals surface area (Å²) in [6, 6.07) is 0.400. The second-order valence-corrected chi connectivity index (χ2v) is 3.53. The number of hydrogen-bond acceptors (Lipinski definition) is 2. The Morgan fingerprint density at radius 3 is 2.67 bits per heavy atom. The van der Waals surface area contributed by atoms with Gasteiger partial charge in [-0.25, -0.2) is 0 Å². The highest BCUT2D eigenvalue weighted by Gasteiger charge is 2.59. The van der Waals surface area contributed by atoms with Gasteiger partial charge in [0.05, 0.1) is 0 Å². The average Bonchev–Trinajstić information content (AvgIpc) is 2.53. The molecule has 0 radical (unpaired) electrons. The van der Waals surface area contributed by atoms with Crippen molar-refractivity contribution in [2.45, 2.75) is 25.3 Å². The van der Waals surface area contributed by atoms with Crippen LogP contribution in [-0.4, -0.2) is 17.8 Å². The first-order valence-electron chi connectivity index (χ1n) is 3.65. The van der Waals surface area contributed by atoms with Gasteiger partial charge < -0.3 is 10.8 Å². The Morgan fingerprint density at radius 1 is 1.67 bits per heavy atom. The molecule has 0 aromatic carbocycles. The molecule has 0 amide bonds. The van der Waals surface area contributed by atoms with Crippen LogP contribution < -0.4 is 5.73 Å². The lowest BCUT2D eigenvalue weighted by Gasteiger charge is -2.03. The zero-order chi connectivity index (χ0) is 6.48. The van der Waals surface area contributed by atoms with Crippen molar-refractivity contribution in [3.05, 3.63) is 0 Å². The second-order valence-electron chi connectivity index (χ2n) is 3.53. The first kappa shape index (κ1) is 5.69. The van der Waals surface area contributed by atoms with E-state index in [-0.39, 0.29) is 0 Å². The molecule has 0 spiro atoms. The topological polar surface area (TPSA) is 46.2 Å². The van der Waals surface area contributed by atoms with Gasteiger partial charge in [-0.05, 0) is 30.6 Å². The lowest BCUT2D eigenvalue weighted by Crippen LogP contribution is -2.18.